The maximum absolute atomic E-state index is 13.3. The van der Waals surface area contributed by atoms with Gasteiger partial charge in [-0.15, -0.1) is 0 Å². The first-order valence-corrected chi connectivity index (χ1v) is 8.64. The fourth-order valence-corrected chi connectivity index (χ4v) is 2.02. The molecule has 33 heavy (non-hydrogen) atoms. The number of carbonyl (C=O) groups excluding carboxylic acids is 5. The van der Waals surface area contributed by atoms with Gasteiger partial charge >= 0.3 is 11.9 Å². The molecule has 0 saturated carbocycles. The second-order valence-electron chi connectivity index (χ2n) is 5.25. The second-order valence-corrected chi connectivity index (χ2v) is 5.25. The molecule has 11 nitrogen and oxygen atoms in total. The Bertz CT molecular complexity index is 994. The van der Waals surface area contributed by atoms with Crippen molar-refractivity contribution in [2.75, 3.05) is 25.1 Å². The van der Waals surface area contributed by atoms with E-state index in [4.69, 9.17) is 15.4 Å². The van der Waals surface area contributed by atoms with Crippen LogP contribution >= 0.6 is 0 Å². The minimum Gasteiger partial charge on any atom is -0.465 e. The van der Waals surface area contributed by atoms with E-state index in [2.05, 4.69) is 25.4 Å². The van der Waals surface area contributed by atoms with Crippen LogP contribution in [-0.2, 0) is 23.9 Å². The highest BCUT2D eigenvalue weighted by molar-refractivity contribution is 6.13. The first kappa shape index (κ1) is 28.5. The lowest BCUT2D eigenvalue weighted by atomic mass is 10.1. The number of hydrazone groups is 1. The van der Waals surface area contributed by atoms with E-state index in [-0.39, 0.29) is 35.1 Å². The number of ether oxygens (including phenoxy) is 2. The predicted molar refractivity (Wildman–Crippen MR) is 114 cm³/mol. The largest absolute Gasteiger partial charge is 0.465 e. The Hall–Kier alpha value is -4.52. The van der Waals surface area contributed by atoms with Crippen molar-refractivity contribution >= 4 is 48.4 Å². The van der Waals surface area contributed by atoms with Crippen molar-refractivity contribution in [1.29, 1.82) is 0 Å². The number of carbonyl (C=O) groups is 5. The van der Waals surface area contributed by atoms with E-state index in [9.17, 15) is 23.2 Å². The van der Waals surface area contributed by atoms with Crippen LogP contribution in [0.15, 0.2) is 41.5 Å². The lowest BCUT2D eigenvalue weighted by Crippen LogP contribution is -2.14. The molecule has 2 aromatic carbocycles. The van der Waals surface area contributed by atoms with Crippen molar-refractivity contribution in [3.05, 3.63) is 59.2 Å². The molecule has 0 radical (unpaired) electrons. The fourth-order valence-electron chi connectivity index (χ4n) is 2.02. The van der Waals surface area contributed by atoms with Crippen LogP contribution in [-0.4, -0.2) is 51.2 Å². The summed E-state index contributed by atoms with van der Waals surface area (Å²) < 4.78 is 35.2. The van der Waals surface area contributed by atoms with Gasteiger partial charge in [0.15, 0.2) is 18.9 Å². The molecule has 0 bridgehead atoms. The Kier molecular flexibility index (Phi) is 14.0. The first-order chi connectivity index (χ1) is 15.8. The Balaban J connectivity index is 0.000000542. The van der Waals surface area contributed by atoms with Crippen molar-refractivity contribution in [1.82, 2.24) is 0 Å². The zero-order valence-corrected chi connectivity index (χ0v) is 17.4. The lowest BCUT2D eigenvalue weighted by Gasteiger charge is -2.07. The quantitative estimate of drug-likeness (QED) is 0.136. The molecular weight excluding hydrogens is 446 g/mol. The number of hydrazine groups is 1. The van der Waals surface area contributed by atoms with E-state index in [1.807, 2.05) is 0 Å². The zero-order chi connectivity index (χ0) is 25.2. The summed E-state index contributed by atoms with van der Waals surface area (Å²) in [6, 6.07) is 8.05. The molecule has 0 aliphatic heterocycles. The van der Waals surface area contributed by atoms with Gasteiger partial charge in [-0.1, -0.05) is 12.1 Å². The van der Waals surface area contributed by atoms with Crippen LogP contribution < -0.4 is 16.7 Å². The van der Waals surface area contributed by atoms with Crippen LogP contribution in [0.25, 0.3) is 0 Å². The molecule has 2 rings (SSSR count). The molecule has 176 valence electrons. The van der Waals surface area contributed by atoms with Gasteiger partial charge in [-0.2, -0.15) is 5.10 Å². The molecule has 0 fully saturated rings. The summed E-state index contributed by atoms with van der Waals surface area (Å²) in [5.41, 5.74) is 4.46. The van der Waals surface area contributed by atoms with Crippen LogP contribution in [0.3, 0.4) is 0 Å². The number of methoxy groups -OCH3 is 2. The van der Waals surface area contributed by atoms with Crippen molar-refractivity contribution in [2.24, 2.45) is 10.9 Å². The summed E-state index contributed by atoms with van der Waals surface area (Å²) in [5.74, 6) is 2.12. The number of nitrogen functional groups attached to an aromatic ring is 1. The van der Waals surface area contributed by atoms with E-state index in [1.54, 1.807) is 0 Å². The van der Waals surface area contributed by atoms with Crippen molar-refractivity contribution < 1.29 is 42.2 Å². The van der Waals surface area contributed by atoms with Gasteiger partial charge in [0.25, 0.3) is 0 Å². The maximum atomic E-state index is 13.3. The third-order valence-corrected chi connectivity index (χ3v) is 3.34. The van der Waals surface area contributed by atoms with Gasteiger partial charge in [0.2, 0.25) is 0 Å². The molecule has 0 unspecified atom stereocenters. The third kappa shape index (κ3) is 9.44. The monoisotopic (exact) mass is 466 g/mol. The van der Waals surface area contributed by atoms with Gasteiger partial charge in [-0.05, 0) is 24.3 Å². The summed E-state index contributed by atoms with van der Waals surface area (Å²) in [7, 11) is 2.32. The Morgan fingerprint density at radius 3 is 1.70 bits per heavy atom. The number of benzene rings is 2. The maximum Gasteiger partial charge on any atom is 0.343 e. The van der Waals surface area contributed by atoms with Gasteiger partial charge in [0.05, 0.1) is 31.8 Å². The van der Waals surface area contributed by atoms with Crippen LogP contribution in [0, 0.1) is 11.6 Å². The summed E-state index contributed by atoms with van der Waals surface area (Å²) in [4.78, 5) is 49.9. The predicted octanol–water partition coefficient (Wildman–Crippen LogP) is 1.49. The summed E-state index contributed by atoms with van der Waals surface area (Å²) in [6.45, 7) is 0. The van der Waals surface area contributed by atoms with E-state index in [0.29, 0.717) is 6.29 Å². The highest BCUT2D eigenvalue weighted by Gasteiger charge is 2.17. The molecule has 0 atom stereocenters. The molecule has 0 aliphatic rings. The van der Waals surface area contributed by atoms with Gasteiger partial charge in [-0.25, -0.2) is 18.4 Å². The van der Waals surface area contributed by atoms with Crippen molar-refractivity contribution in [3.8, 4) is 0 Å². The standard InChI is InChI=1S/C10H9FN2O3.C8H9FN2O2.C2H2O2/c1-16-10(15)9-7(11)3-2-4-8(9)13-12-5-6-14;1-13-8(12)7-5(9)3-2-4-6(7)11-10;3-1-2-4/h2-6,13H,1H3;2-4,11H,10H2,1H3;1-2H/b12-5+;;. The highest BCUT2D eigenvalue weighted by atomic mass is 19.1. The van der Waals surface area contributed by atoms with Crippen LogP contribution in [0.1, 0.15) is 20.7 Å². The topological polar surface area (TPSA) is 166 Å². The minimum absolute atomic E-state index is 0.130. The van der Waals surface area contributed by atoms with Crippen LogP contribution in [0.2, 0.25) is 0 Å². The van der Waals surface area contributed by atoms with E-state index < -0.39 is 23.6 Å². The number of aldehydes is 3. The number of anilines is 2. The number of esters is 2. The molecule has 0 heterocycles. The number of nitrogens with two attached hydrogens (primary N) is 1. The number of hydrogen-bond donors (Lipinski definition) is 3. The van der Waals surface area contributed by atoms with E-state index in [0.717, 1.165) is 25.5 Å². The summed E-state index contributed by atoms with van der Waals surface area (Å²) in [6.07, 6.45) is 1.77. The van der Waals surface area contributed by atoms with Gasteiger partial charge in [0, 0.05) is 0 Å². The number of nitrogens with one attached hydrogen (secondary N) is 2. The normalized spacial score (nSPS) is 9.24. The summed E-state index contributed by atoms with van der Waals surface area (Å²) in [5, 5.41) is 3.46. The van der Waals surface area contributed by atoms with Gasteiger partial charge in [-0.3, -0.25) is 25.7 Å². The summed E-state index contributed by atoms with van der Waals surface area (Å²) >= 11 is 0. The smallest absolute Gasteiger partial charge is 0.343 e. The highest BCUT2D eigenvalue weighted by Crippen LogP contribution is 2.20. The van der Waals surface area contributed by atoms with Crippen molar-refractivity contribution in [2.45, 2.75) is 0 Å². The molecular formula is C20H20F2N4O7. The average molecular weight is 466 g/mol. The lowest BCUT2D eigenvalue weighted by molar-refractivity contribution is -0.122. The fraction of sp³-hybridized carbons (Fsp3) is 0.100. The van der Waals surface area contributed by atoms with Gasteiger partial charge < -0.3 is 14.9 Å². The zero-order valence-electron chi connectivity index (χ0n) is 17.4. The van der Waals surface area contributed by atoms with E-state index >= 15 is 0 Å². The molecule has 2 aromatic rings. The molecule has 0 aromatic heterocycles. The SMILES string of the molecule is COC(=O)c1c(F)cccc1N/N=C/C=O.COC(=O)c1c(F)cccc1NN.O=CC=O. The molecule has 4 N–H and O–H groups in total. The molecule has 0 aliphatic carbocycles. The number of nitrogens with zero attached hydrogens (tertiary/aromatic N) is 1. The van der Waals surface area contributed by atoms with Crippen LogP contribution in [0.5, 0.6) is 0 Å². The molecule has 13 heteroatoms. The van der Waals surface area contributed by atoms with E-state index in [1.165, 1.54) is 31.4 Å². The molecule has 0 spiro atoms. The number of rotatable bonds is 7. The number of halogens is 2. The Morgan fingerprint density at radius 1 is 0.848 bits per heavy atom. The second kappa shape index (κ2) is 16.2. The average Bonchev–Trinajstić information content (AvgIpc) is 2.83. The minimum atomic E-state index is -0.818. The Morgan fingerprint density at radius 2 is 1.30 bits per heavy atom. The van der Waals surface area contributed by atoms with Crippen LogP contribution in [0.4, 0.5) is 20.2 Å². The first-order valence-electron chi connectivity index (χ1n) is 8.64. The number of hydrogen-bond acceptors (Lipinski definition) is 11. The third-order valence-electron chi connectivity index (χ3n) is 3.34. The van der Waals surface area contributed by atoms with Gasteiger partial charge in [0.1, 0.15) is 22.8 Å². The Labute approximate surface area is 186 Å². The molecule has 0 amide bonds. The van der Waals surface area contributed by atoms with Crippen molar-refractivity contribution in [3.63, 3.8) is 0 Å². The molecule has 0 saturated heterocycles.